The summed E-state index contributed by atoms with van der Waals surface area (Å²) in [5, 5.41) is 0. The van der Waals surface area contributed by atoms with Gasteiger partial charge in [0, 0.05) is 12.1 Å². The van der Waals surface area contributed by atoms with E-state index in [1.807, 2.05) is 0 Å². The Kier molecular flexibility index (Phi) is 5.08. The second-order valence-electron chi connectivity index (χ2n) is 3.46. The zero-order valence-corrected chi connectivity index (χ0v) is 9.75. The van der Waals surface area contributed by atoms with Gasteiger partial charge in [0.15, 0.2) is 5.82 Å². The highest BCUT2D eigenvalue weighted by Crippen LogP contribution is 2.23. The third-order valence-corrected chi connectivity index (χ3v) is 2.17. The van der Waals surface area contributed by atoms with Gasteiger partial charge in [-0.05, 0) is 13.0 Å². The molecule has 0 aliphatic heterocycles. The van der Waals surface area contributed by atoms with Crippen LogP contribution in [0.3, 0.4) is 0 Å². The maximum atomic E-state index is 13.6. The molecule has 0 aliphatic carbocycles. The number of ether oxygens (including phenoxy) is 1. The minimum atomic E-state index is -3.06. The monoisotopic (exact) mass is 262 g/mol. The Balaban J connectivity index is 3.09. The van der Waals surface area contributed by atoms with E-state index in [1.54, 1.807) is 6.92 Å². The molecule has 100 valence electrons. The second kappa shape index (κ2) is 6.34. The van der Waals surface area contributed by atoms with Crippen LogP contribution in [0.15, 0.2) is 6.07 Å². The van der Waals surface area contributed by atoms with Crippen molar-refractivity contribution in [3.63, 3.8) is 0 Å². The molecule has 4 nitrogen and oxygen atoms in total. The molecule has 0 aromatic carbocycles. The first-order chi connectivity index (χ1) is 8.49. The maximum Gasteiger partial charge on any atom is 0.310 e. The standard InChI is InChI=1S/C11H13F3N2O2/c1-2-18-8(17)4-6-3-7(5-15)16-10(9(6)12)11(13)14/h3,11H,2,4-5,15H2,1H3. The summed E-state index contributed by atoms with van der Waals surface area (Å²) in [6.45, 7) is 1.61. The van der Waals surface area contributed by atoms with Crippen LogP contribution in [0.5, 0.6) is 0 Å². The quantitative estimate of drug-likeness (QED) is 0.820. The molecule has 2 N–H and O–H groups in total. The van der Waals surface area contributed by atoms with E-state index in [0.717, 1.165) is 0 Å². The van der Waals surface area contributed by atoms with E-state index in [1.165, 1.54) is 6.07 Å². The highest BCUT2D eigenvalue weighted by atomic mass is 19.3. The van der Waals surface area contributed by atoms with Crippen molar-refractivity contribution >= 4 is 5.97 Å². The highest BCUT2D eigenvalue weighted by molar-refractivity contribution is 5.72. The van der Waals surface area contributed by atoms with Gasteiger partial charge in [-0.2, -0.15) is 0 Å². The fraction of sp³-hybridized carbons (Fsp3) is 0.455. The van der Waals surface area contributed by atoms with Crippen LogP contribution in [0.25, 0.3) is 0 Å². The Morgan fingerprint density at radius 1 is 1.56 bits per heavy atom. The van der Waals surface area contributed by atoms with E-state index in [-0.39, 0.29) is 24.4 Å². The fourth-order valence-electron chi connectivity index (χ4n) is 1.41. The first-order valence-corrected chi connectivity index (χ1v) is 5.31. The molecular weight excluding hydrogens is 249 g/mol. The van der Waals surface area contributed by atoms with Crippen molar-refractivity contribution in [1.29, 1.82) is 0 Å². The normalized spacial score (nSPS) is 10.8. The molecule has 0 fully saturated rings. The van der Waals surface area contributed by atoms with Gasteiger partial charge in [-0.3, -0.25) is 4.79 Å². The summed E-state index contributed by atoms with van der Waals surface area (Å²) in [6, 6.07) is 1.19. The van der Waals surface area contributed by atoms with Gasteiger partial charge in [0.2, 0.25) is 0 Å². The lowest BCUT2D eigenvalue weighted by Crippen LogP contribution is -2.13. The van der Waals surface area contributed by atoms with Gasteiger partial charge >= 0.3 is 5.97 Å². The molecule has 1 heterocycles. The van der Waals surface area contributed by atoms with Gasteiger partial charge in [-0.15, -0.1) is 0 Å². The predicted molar refractivity (Wildman–Crippen MR) is 57.4 cm³/mol. The van der Waals surface area contributed by atoms with E-state index in [2.05, 4.69) is 9.72 Å². The van der Waals surface area contributed by atoms with Crippen LogP contribution < -0.4 is 5.73 Å². The molecule has 0 spiro atoms. The van der Waals surface area contributed by atoms with Gasteiger partial charge in [-0.25, -0.2) is 18.2 Å². The van der Waals surface area contributed by atoms with Gasteiger partial charge in [0.05, 0.1) is 18.7 Å². The SMILES string of the molecule is CCOC(=O)Cc1cc(CN)nc(C(F)F)c1F. The maximum absolute atomic E-state index is 13.6. The number of pyridine rings is 1. The van der Waals surface area contributed by atoms with Crippen LogP contribution in [0.4, 0.5) is 13.2 Å². The highest BCUT2D eigenvalue weighted by Gasteiger charge is 2.21. The molecule has 0 aliphatic rings. The van der Waals surface area contributed by atoms with Crippen LogP contribution in [0.1, 0.15) is 30.3 Å². The number of esters is 1. The Morgan fingerprint density at radius 3 is 2.72 bits per heavy atom. The smallest absolute Gasteiger partial charge is 0.310 e. The Bertz CT molecular complexity index is 439. The van der Waals surface area contributed by atoms with Crippen LogP contribution in [0, 0.1) is 5.82 Å². The van der Waals surface area contributed by atoms with Crippen molar-refractivity contribution < 1.29 is 22.7 Å². The van der Waals surface area contributed by atoms with Crippen molar-refractivity contribution in [3.8, 4) is 0 Å². The van der Waals surface area contributed by atoms with E-state index in [4.69, 9.17) is 5.73 Å². The number of alkyl halides is 2. The number of carbonyl (C=O) groups excluding carboxylic acids is 1. The number of nitrogens with zero attached hydrogens (tertiary/aromatic N) is 1. The zero-order chi connectivity index (χ0) is 13.7. The minimum Gasteiger partial charge on any atom is -0.466 e. The summed E-state index contributed by atoms with van der Waals surface area (Å²) in [7, 11) is 0. The van der Waals surface area contributed by atoms with Crippen molar-refractivity contribution in [2.75, 3.05) is 6.61 Å². The molecule has 0 unspecified atom stereocenters. The molecule has 1 aromatic heterocycles. The van der Waals surface area contributed by atoms with Gasteiger partial charge < -0.3 is 10.5 Å². The average Bonchev–Trinajstić information content (AvgIpc) is 2.31. The zero-order valence-electron chi connectivity index (χ0n) is 9.75. The van der Waals surface area contributed by atoms with Crippen LogP contribution >= 0.6 is 0 Å². The van der Waals surface area contributed by atoms with E-state index in [9.17, 15) is 18.0 Å². The minimum absolute atomic E-state index is 0.103. The fourth-order valence-corrected chi connectivity index (χ4v) is 1.41. The second-order valence-corrected chi connectivity index (χ2v) is 3.46. The number of aromatic nitrogens is 1. The van der Waals surface area contributed by atoms with Gasteiger partial charge in [0.1, 0.15) is 5.69 Å². The van der Waals surface area contributed by atoms with Gasteiger partial charge in [-0.1, -0.05) is 0 Å². The predicted octanol–water partition coefficient (Wildman–Crippen LogP) is 1.72. The lowest BCUT2D eigenvalue weighted by Gasteiger charge is -2.09. The molecule has 18 heavy (non-hydrogen) atoms. The Morgan fingerprint density at radius 2 is 2.22 bits per heavy atom. The van der Waals surface area contributed by atoms with E-state index < -0.39 is 30.3 Å². The third-order valence-electron chi connectivity index (χ3n) is 2.17. The molecule has 0 bridgehead atoms. The molecule has 0 radical (unpaired) electrons. The molecule has 0 saturated carbocycles. The molecule has 0 saturated heterocycles. The molecular formula is C11H13F3N2O2. The first-order valence-electron chi connectivity index (χ1n) is 5.31. The summed E-state index contributed by atoms with van der Waals surface area (Å²) >= 11 is 0. The number of carbonyl (C=O) groups is 1. The molecule has 1 aromatic rings. The molecule has 1 rings (SSSR count). The van der Waals surface area contributed by atoms with Crippen molar-refractivity contribution in [2.45, 2.75) is 26.3 Å². The van der Waals surface area contributed by atoms with E-state index >= 15 is 0 Å². The number of nitrogens with two attached hydrogens (primary N) is 1. The van der Waals surface area contributed by atoms with Crippen molar-refractivity contribution in [2.24, 2.45) is 5.73 Å². The van der Waals surface area contributed by atoms with Crippen LogP contribution in [-0.4, -0.2) is 17.6 Å². The largest absolute Gasteiger partial charge is 0.466 e. The lowest BCUT2D eigenvalue weighted by atomic mass is 10.1. The lowest BCUT2D eigenvalue weighted by molar-refractivity contribution is -0.142. The topological polar surface area (TPSA) is 65.2 Å². The molecule has 0 amide bonds. The van der Waals surface area contributed by atoms with Crippen molar-refractivity contribution in [3.05, 3.63) is 28.8 Å². The Labute approximate surface area is 102 Å². The summed E-state index contributed by atoms with van der Waals surface area (Å²) < 4.78 is 43.4. The summed E-state index contributed by atoms with van der Waals surface area (Å²) in [5.74, 6) is -1.87. The third kappa shape index (κ3) is 3.43. The number of halogens is 3. The summed E-state index contributed by atoms with van der Waals surface area (Å²) in [4.78, 5) is 14.6. The molecule has 0 atom stereocenters. The number of rotatable bonds is 5. The molecule has 7 heteroatoms. The van der Waals surface area contributed by atoms with Gasteiger partial charge in [0.25, 0.3) is 6.43 Å². The van der Waals surface area contributed by atoms with E-state index in [0.29, 0.717) is 0 Å². The Hall–Kier alpha value is -1.63. The van der Waals surface area contributed by atoms with Crippen molar-refractivity contribution in [1.82, 2.24) is 4.98 Å². The average molecular weight is 262 g/mol. The number of hydrogen-bond donors (Lipinski definition) is 1. The van der Waals surface area contributed by atoms with Crippen LogP contribution in [0.2, 0.25) is 0 Å². The summed E-state index contributed by atoms with van der Waals surface area (Å²) in [5.41, 5.74) is 4.21. The number of hydrogen-bond acceptors (Lipinski definition) is 4. The first kappa shape index (κ1) is 14.4. The summed E-state index contributed by atoms with van der Waals surface area (Å²) in [6.07, 6.45) is -3.48. The van der Waals surface area contributed by atoms with Crippen LogP contribution in [-0.2, 0) is 22.5 Å².